The molecule has 2 unspecified atom stereocenters. The van der Waals surface area contributed by atoms with Gasteiger partial charge in [0.2, 0.25) is 0 Å². The second-order valence-corrected chi connectivity index (χ2v) is 7.47. The molecule has 0 bridgehead atoms. The summed E-state index contributed by atoms with van der Waals surface area (Å²) in [4.78, 5) is 17.7. The molecule has 7 heteroatoms. The zero-order valence-corrected chi connectivity index (χ0v) is 16.1. The van der Waals surface area contributed by atoms with Crippen LogP contribution in [0.25, 0.3) is 16.9 Å². The SMILES string of the molecule is COC1COCC(Cn2c(=O)n(-c3ccccc3)c3ncc(Br)cc32)C1. The number of halogens is 1. The second-order valence-electron chi connectivity index (χ2n) is 6.56. The minimum absolute atomic E-state index is 0.0804. The van der Waals surface area contributed by atoms with Crippen molar-refractivity contribution in [2.24, 2.45) is 5.92 Å². The van der Waals surface area contributed by atoms with Crippen LogP contribution in [0, 0.1) is 5.92 Å². The molecule has 0 saturated carbocycles. The van der Waals surface area contributed by atoms with Crippen molar-refractivity contribution < 1.29 is 9.47 Å². The Morgan fingerprint density at radius 1 is 1.31 bits per heavy atom. The molecular formula is C19H20BrN3O3. The molecular weight excluding hydrogens is 398 g/mol. The average molecular weight is 418 g/mol. The van der Waals surface area contributed by atoms with Crippen LogP contribution in [0.5, 0.6) is 0 Å². The van der Waals surface area contributed by atoms with E-state index >= 15 is 0 Å². The maximum absolute atomic E-state index is 13.2. The minimum atomic E-state index is -0.0867. The number of aromatic nitrogens is 3. The first kappa shape index (κ1) is 17.5. The fourth-order valence-corrected chi connectivity index (χ4v) is 3.84. The number of ether oxygens (including phenoxy) is 2. The highest BCUT2D eigenvalue weighted by atomic mass is 79.9. The normalized spacial score (nSPS) is 20.5. The van der Waals surface area contributed by atoms with Gasteiger partial charge in [-0.05, 0) is 40.5 Å². The molecule has 6 nitrogen and oxygen atoms in total. The Balaban J connectivity index is 1.80. The van der Waals surface area contributed by atoms with Crippen molar-refractivity contribution in [2.45, 2.75) is 19.1 Å². The lowest BCUT2D eigenvalue weighted by Crippen LogP contribution is -2.35. The monoisotopic (exact) mass is 417 g/mol. The van der Waals surface area contributed by atoms with E-state index in [-0.39, 0.29) is 17.7 Å². The molecule has 0 aliphatic carbocycles. The first-order valence-electron chi connectivity index (χ1n) is 8.60. The van der Waals surface area contributed by atoms with Crippen molar-refractivity contribution >= 4 is 27.1 Å². The highest BCUT2D eigenvalue weighted by Gasteiger charge is 2.25. The van der Waals surface area contributed by atoms with Gasteiger partial charge in [-0.3, -0.25) is 4.57 Å². The molecule has 2 atom stereocenters. The van der Waals surface area contributed by atoms with Gasteiger partial charge in [-0.15, -0.1) is 0 Å². The Morgan fingerprint density at radius 2 is 2.12 bits per heavy atom. The molecule has 136 valence electrons. The molecule has 1 aliphatic heterocycles. The van der Waals surface area contributed by atoms with Gasteiger partial charge in [0.05, 0.1) is 30.5 Å². The van der Waals surface area contributed by atoms with Crippen molar-refractivity contribution in [1.29, 1.82) is 0 Å². The van der Waals surface area contributed by atoms with Crippen molar-refractivity contribution in [3.8, 4) is 5.69 Å². The highest BCUT2D eigenvalue weighted by Crippen LogP contribution is 2.23. The van der Waals surface area contributed by atoms with Gasteiger partial charge in [-0.1, -0.05) is 18.2 Å². The lowest BCUT2D eigenvalue weighted by atomic mass is 10.00. The Bertz CT molecular complexity index is 967. The van der Waals surface area contributed by atoms with Gasteiger partial charge in [0.1, 0.15) is 0 Å². The maximum Gasteiger partial charge on any atom is 0.334 e. The predicted molar refractivity (Wildman–Crippen MR) is 103 cm³/mol. The third-order valence-electron chi connectivity index (χ3n) is 4.78. The van der Waals surface area contributed by atoms with Gasteiger partial charge >= 0.3 is 5.69 Å². The zero-order valence-electron chi connectivity index (χ0n) is 14.5. The summed E-state index contributed by atoms with van der Waals surface area (Å²) in [6.07, 6.45) is 2.68. The lowest BCUT2D eigenvalue weighted by Gasteiger charge is -2.28. The maximum atomic E-state index is 13.2. The van der Waals surface area contributed by atoms with E-state index in [1.165, 1.54) is 0 Å². The molecule has 26 heavy (non-hydrogen) atoms. The third kappa shape index (κ3) is 3.22. The highest BCUT2D eigenvalue weighted by molar-refractivity contribution is 9.10. The third-order valence-corrected chi connectivity index (χ3v) is 5.21. The number of imidazole rings is 1. The van der Waals surface area contributed by atoms with Gasteiger partial charge < -0.3 is 9.47 Å². The van der Waals surface area contributed by atoms with Gasteiger partial charge in [0.25, 0.3) is 0 Å². The van der Waals surface area contributed by atoms with E-state index in [4.69, 9.17) is 9.47 Å². The van der Waals surface area contributed by atoms with Crippen molar-refractivity contribution in [2.75, 3.05) is 20.3 Å². The smallest absolute Gasteiger partial charge is 0.334 e. The van der Waals surface area contributed by atoms with E-state index in [1.54, 1.807) is 22.4 Å². The molecule has 0 radical (unpaired) electrons. The van der Waals surface area contributed by atoms with Crippen LogP contribution in [0.2, 0.25) is 0 Å². The number of nitrogens with zero attached hydrogens (tertiary/aromatic N) is 3. The summed E-state index contributed by atoms with van der Waals surface area (Å²) in [5.74, 6) is 0.222. The number of pyridine rings is 1. The zero-order chi connectivity index (χ0) is 18.1. The van der Waals surface area contributed by atoms with E-state index in [1.807, 2.05) is 36.4 Å². The van der Waals surface area contributed by atoms with Gasteiger partial charge in [-0.2, -0.15) is 0 Å². The summed E-state index contributed by atoms with van der Waals surface area (Å²) in [7, 11) is 1.70. The number of rotatable bonds is 4. The molecule has 1 aromatic carbocycles. The van der Waals surface area contributed by atoms with E-state index in [9.17, 15) is 4.79 Å². The van der Waals surface area contributed by atoms with Gasteiger partial charge in [0, 0.05) is 30.2 Å². The Labute approximate surface area is 159 Å². The van der Waals surface area contributed by atoms with Crippen LogP contribution in [-0.4, -0.2) is 40.5 Å². The number of fused-ring (bicyclic) bond motifs is 1. The topological polar surface area (TPSA) is 58.3 Å². The Hall–Kier alpha value is -1.96. The van der Waals surface area contributed by atoms with Gasteiger partial charge in [0.15, 0.2) is 5.65 Å². The van der Waals surface area contributed by atoms with Crippen LogP contribution in [0.4, 0.5) is 0 Å². The molecule has 0 amide bonds. The molecule has 3 aromatic rings. The molecule has 1 aliphatic rings. The summed E-state index contributed by atoms with van der Waals surface area (Å²) in [5, 5.41) is 0. The molecule has 0 N–H and O–H groups in total. The number of hydrogen-bond donors (Lipinski definition) is 0. The largest absolute Gasteiger partial charge is 0.379 e. The Morgan fingerprint density at radius 3 is 2.88 bits per heavy atom. The van der Waals surface area contributed by atoms with E-state index in [0.29, 0.717) is 25.4 Å². The van der Waals surface area contributed by atoms with Crippen LogP contribution >= 0.6 is 15.9 Å². The minimum Gasteiger partial charge on any atom is -0.379 e. The summed E-state index contributed by atoms with van der Waals surface area (Å²) >= 11 is 3.47. The fraction of sp³-hybridized carbons (Fsp3) is 0.368. The van der Waals surface area contributed by atoms with Crippen LogP contribution in [0.1, 0.15) is 6.42 Å². The van der Waals surface area contributed by atoms with E-state index in [0.717, 1.165) is 22.1 Å². The number of hydrogen-bond acceptors (Lipinski definition) is 4. The van der Waals surface area contributed by atoms with Crippen molar-refractivity contribution in [1.82, 2.24) is 14.1 Å². The first-order chi connectivity index (χ1) is 12.7. The molecule has 1 saturated heterocycles. The molecule has 2 aromatic heterocycles. The summed E-state index contributed by atoms with van der Waals surface area (Å²) in [6.45, 7) is 1.82. The lowest BCUT2D eigenvalue weighted by molar-refractivity contribution is -0.0586. The molecule has 4 rings (SSSR count). The number of benzene rings is 1. The van der Waals surface area contributed by atoms with Crippen LogP contribution < -0.4 is 5.69 Å². The molecule has 1 fully saturated rings. The predicted octanol–water partition coefficient (Wildman–Crippen LogP) is 3.00. The standard InChI is InChI=1S/C19H20BrN3O3/c1-25-16-7-13(11-26-12-16)10-22-17-8-14(20)9-21-18(17)23(19(22)24)15-5-3-2-4-6-15/h2-6,8-9,13,16H,7,10-12H2,1H3. The molecule has 0 spiro atoms. The molecule has 3 heterocycles. The average Bonchev–Trinajstić information content (AvgIpc) is 2.94. The van der Waals surface area contributed by atoms with E-state index in [2.05, 4.69) is 20.9 Å². The first-order valence-corrected chi connectivity index (χ1v) is 9.39. The quantitative estimate of drug-likeness (QED) is 0.654. The second kappa shape index (κ2) is 7.34. The van der Waals surface area contributed by atoms with Gasteiger partial charge in [-0.25, -0.2) is 14.3 Å². The van der Waals surface area contributed by atoms with Crippen LogP contribution in [-0.2, 0) is 16.0 Å². The van der Waals surface area contributed by atoms with Crippen molar-refractivity contribution in [3.63, 3.8) is 0 Å². The number of para-hydroxylation sites is 1. The Kier molecular flexibility index (Phi) is 4.93. The summed E-state index contributed by atoms with van der Waals surface area (Å²) in [5.41, 5.74) is 2.19. The fourth-order valence-electron chi connectivity index (χ4n) is 3.52. The van der Waals surface area contributed by atoms with E-state index < -0.39 is 0 Å². The summed E-state index contributed by atoms with van der Waals surface area (Å²) in [6, 6.07) is 11.5. The summed E-state index contributed by atoms with van der Waals surface area (Å²) < 4.78 is 15.4. The van der Waals surface area contributed by atoms with Crippen LogP contribution in [0.3, 0.4) is 0 Å². The van der Waals surface area contributed by atoms with Crippen LogP contribution in [0.15, 0.2) is 51.9 Å². The number of methoxy groups -OCH3 is 1. The van der Waals surface area contributed by atoms with Crippen molar-refractivity contribution in [3.05, 3.63) is 57.6 Å².